The minimum absolute atomic E-state index is 0.0875. The summed E-state index contributed by atoms with van der Waals surface area (Å²) in [5.74, 6) is 0. The van der Waals surface area contributed by atoms with Gasteiger partial charge in [-0.1, -0.05) is 30.3 Å². The average Bonchev–Trinajstić information content (AvgIpc) is 2.59. The van der Waals surface area contributed by atoms with Gasteiger partial charge in [0.05, 0.1) is 23.1 Å². The van der Waals surface area contributed by atoms with Crippen LogP contribution < -0.4 is 4.72 Å². The molecule has 0 amide bonds. The fourth-order valence-electron chi connectivity index (χ4n) is 1.97. The van der Waals surface area contributed by atoms with Gasteiger partial charge >= 0.3 is 0 Å². The van der Waals surface area contributed by atoms with Crippen molar-refractivity contribution >= 4 is 10.0 Å². The SMILES string of the molecule is CCOCc1ccc(CNS(=O)(=O)c2cccc(C#N)c2)cc1. The second-order valence-electron chi connectivity index (χ2n) is 4.92. The molecule has 120 valence electrons. The Kier molecular flexibility index (Phi) is 5.88. The van der Waals surface area contributed by atoms with Gasteiger partial charge in [0.25, 0.3) is 0 Å². The molecule has 0 aliphatic carbocycles. The van der Waals surface area contributed by atoms with Crippen molar-refractivity contribution < 1.29 is 13.2 Å². The van der Waals surface area contributed by atoms with Crippen LogP contribution in [-0.4, -0.2) is 15.0 Å². The molecule has 0 aromatic heterocycles. The molecule has 0 unspecified atom stereocenters. The van der Waals surface area contributed by atoms with Crippen LogP contribution in [0.1, 0.15) is 23.6 Å². The zero-order valence-corrected chi connectivity index (χ0v) is 13.6. The number of nitrogens with zero attached hydrogens (tertiary/aromatic N) is 1. The third-order valence-corrected chi connectivity index (χ3v) is 4.63. The van der Waals surface area contributed by atoms with Crippen LogP contribution >= 0.6 is 0 Å². The number of sulfonamides is 1. The van der Waals surface area contributed by atoms with E-state index in [1.165, 1.54) is 12.1 Å². The third-order valence-electron chi connectivity index (χ3n) is 3.24. The van der Waals surface area contributed by atoms with E-state index in [2.05, 4.69) is 4.72 Å². The largest absolute Gasteiger partial charge is 0.377 e. The van der Waals surface area contributed by atoms with Crippen molar-refractivity contribution in [1.82, 2.24) is 4.72 Å². The van der Waals surface area contributed by atoms with Crippen molar-refractivity contribution in [3.05, 3.63) is 65.2 Å². The zero-order valence-electron chi connectivity index (χ0n) is 12.8. The molecule has 0 spiro atoms. The standard InChI is InChI=1S/C17H18N2O3S/c1-2-22-13-15-8-6-14(7-9-15)12-19-23(20,21)17-5-3-4-16(10-17)11-18/h3-10,19H,2,12-13H2,1H3. The lowest BCUT2D eigenvalue weighted by atomic mass is 10.1. The van der Waals surface area contributed by atoms with E-state index in [0.717, 1.165) is 11.1 Å². The zero-order chi connectivity index (χ0) is 16.7. The Balaban J connectivity index is 2.03. The molecular weight excluding hydrogens is 312 g/mol. The average molecular weight is 330 g/mol. The van der Waals surface area contributed by atoms with E-state index >= 15 is 0 Å². The second kappa shape index (κ2) is 7.88. The van der Waals surface area contributed by atoms with Gasteiger partial charge in [-0.15, -0.1) is 0 Å². The molecule has 5 nitrogen and oxygen atoms in total. The van der Waals surface area contributed by atoms with Gasteiger partial charge in [0, 0.05) is 13.2 Å². The normalized spacial score (nSPS) is 11.1. The highest BCUT2D eigenvalue weighted by atomic mass is 32.2. The number of benzene rings is 2. The molecule has 0 aliphatic heterocycles. The Hall–Kier alpha value is -2.20. The van der Waals surface area contributed by atoms with Crippen LogP contribution in [0, 0.1) is 11.3 Å². The van der Waals surface area contributed by atoms with Crippen LogP contribution in [0.25, 0.3) is 0 Å². The summed E-state index contributed by atoms with van der Waals surface area (Å²) in [4.78, 5) is 0.0875. The maximum absolute atomic E-state index is 12.2. The molecule has 2 aromatic rings. The first-order chi connectivity index (χ1) is 11.0. The topological polar surface area (TPSA) is 79.2 Å². The highest BCUT2D eigenvalue weighted by molar-refractivity contribution is 7.89. The van der Waals surface area contributed by atoms with E-state index in [0.29, 0.717) is 18.8 Å². The van der Waals surface area contributed by atoms with Crippen LogP contribution in [0.3, 0.4) is 0 Å². The van der Waals surface area contributed by atoms with Crippen LogP contribution in [0.4, 0.5) is 0 Å². The summed E-state index contributed by atoms with van der Waals surface area (Å²) in [6.07, 6.45) is 0. The molecule has 6 heteroatoms. The Morgan fingerprint density at radius 2 is 1.83 bits per heavy atom. The first-order valence-corrected chi connectivity index (χ1v) is 8.69. The monoisotopic (exact) mass is 330 g/mol. The lowest BCUT2D eigenvalue weighted by molar-refractivity contribution is 0.134. The number of nitrogens with one attached hydrogen (secondary N) is 1. The van der Waals surface area contributed by atoms with Crippen LogP contribution in [-0.2, 0) is 27.9 Å². The third kappa shape index (κ3) is 4.89. The van der Waals surface area contributed by atoms with Crippen molar-refractivity contribution in [2.75, 3.05) is 6.61 Å². The summed E-state index contributed by atoms with van der Waals surface area (Å²) < 4.78 is 32.3. The lowest BCUT2D eigenvalue weighted by Gasteiger charge is -2.08. The van der Waals surface area contributed by atoms with Gasteiger partial charge in [0.2, 0.25) is 10.0 Å². The van der Waals surface area contributed by atoms with Crippen LogP contribution in [0.2, 0.25) is 0 Å². The number of rotatable bonds is 7. The van der Waals surface area contributed by atoms with E-state index in [1.54, 1.807) is 12.1 Å². The maximum atomic E-state index is 12.2. The quantitative estimate of drug-likeness (QED) is 0.846. The van der Waals surface area contributed by atoms with Gasteiger partial charge in [-0.05, 0) is 36.2 Å². The molecule has 0 saturated heterocycles. The summed E-state index contributed by atoms with van der Waals surface area (Å²) in [6, 6.07) is 15.4. The van der Waals surface area contributed by atoms with Gasteiger partial charge in [-0.25, -0.2) is 13.1 Å². The van der Waals surface area contributed by atoms with Crippen molar-refractivity contribution in [3.63, 3.8) is 0 Å². The molecule has 0 aliphatic rings. The van der Waals surface area contributed by atoms with Crippen LogP contribution in [0.5, 0.6) is 0 Å². The van der Waals surface area contributed by atoms with E-state index in [1.807, 2.05) is 37.3 Å². The van der Waals surface area contributed by atoms with Crippen molar-refractivity contribution in [3.8, 4) is 6.07 Å². The molecule has 0 atom stereocenters. The molecule has 0 saturated carbocycles. The fraction of sp³-hybridized carbons (Fsp3) is 0.235. The fourth-order valence-corrected chi connectivity index (χ4v) is 3.03. The number of ether oxygens (including phenoxy) is 1. The van der Waals surface area contributed by atoms with Gasteiger partial charge in [0.1, 0.15) is 0 Å². The Bertz CT molecular complexity index is 793. The molecular formula is C17H18N2O3S. The summed E-state index contributed by atoms with van der Waals surface area (Å²) >= 11 is 0. The van der Waals surface area contributed by atoms with Crippen molar-refractivity contribution in [2.24, 2.45) is 0 Å². The maximum Gasteiger partial charge on any atom is 0.240 e. The Morgan fingerprint density at radius 3 is 2.48 bits per heavy atom. The minimum atomic E-state index is -3.64. The van der Waals surface area contributed by atoms with E-state index in [9.17, 15) is 8.42 Å². The number of hydrogen-bond donors (Lipinski definition) is 1. The number of nitriles is 1. The summed E-state index contributed by atoms with van der Waals surface area (Å²) in [6.45, 7) is 3.32. The molecule has 23 heavy (non-hydrogen) atoms. The van der Waals surface area contributed by atoms with E-state index in [-0.39, 0.29) is 11.4 Å². The van der Waals surface area contributed by atoms with E-state index in [4.69, 9.17) is 10.00 Å². The predicted octanol–water partition coefficient (Wildman–Crippen LogP) is 2.57. The summed E-state index contributed by atoms with van der Waals surface area (Å²) in [7, 11) is -3.64. The van der Waals surface area contributed by atoms with Crippen molar-refractivity contribution in [1.29, 1.82) is 5.26 Å². The molecule has 2 aromatic carbocycles. The first-order valence-electron chi connectivity index (χ1n) is 7.20. The summed E-state index contributed by atoms with van der Waals surface area (Å²) in [5, 5.41) is 8.85. The molecule has 1 N–H and O–H groups in total. The van der Waals surface area contributed by atoms with Gasteiger partial charge < -0.3 is 4.74 Å². The smallest absolute Gasteiger partial charge is 0.240 e. The Morgan fingerprint density at radius 1 is 1.13 bits per heavy atom. The Labute approximate surface area is 136 Å². The van der Waals surface area contributed by atoms with Gasteiger partial charge in [-0.2, -0.15) is 5.26 Å². The molecule has 2 rings (SSSR count). The highest BCUT2D eigenvalue weighted by Gasteiger charge is 2.14. The summed E-state index contributed by atoms with van der Waals surface area (Å²) in [5.41, 5.74) is 2.21. The van der Waals surface area contributed by atoms with Gasteiger partial charge in [0.15, 0.2) is 0 Å². The molecule has 0 heterocycles. The van der Waals surface area contributed by atoms with Gasteiger partial charge in [-0.3, -0.25) is 0 Å². The van der Waals surface area contributed by atoms with E-state index < -0.39 is 10.0 Å². The molecule has 0 bridgehead atoms. The predicted molar refractivity (Wildman–Crippen MR) is 87.0 cm³/mol. The number of hydrogen-bond acceptors (Lipinski definition) is 4. The highest BCUT2D eigenvalue weighted by Crippen LogP contribution is 2.12. The second-order valence-corrected chi connectivity index (χ2v) is 6.68. The lowest BCUT2D eigenvalue weighted by Crippen LogP contribution is -2.23. The van der Waals surface area contributed by atoms with Crippen LogP contribution in [0.15, 0.2) is 53.4 Å². The molecule has 0 fully saturated rings. The van der Waals surface area contributed by atoms with Crippen molar-refractivity contribution in [2.45, 2.75) is 25.0 Å². The first kappa shape index (κ1) is 17.2. The molecule has 0 radical (unpaired) electrons. The minimum Gasteiger partial charge on any atom is -0.377 e.